The van der Waals surface area contributed by atoms with Crippen molar-refractivity contribution >= 4 is 22.6 Å². The van der Waals surface area contributed by atoms with Crippen LogP contribution in [0.25, 0.3) is 11.0 Å². The Balaban J connectivity index is 1.39. The highest BCUT2D eigenvalue weighted by atomic mass is 35.5. The third-order valence-electron chi connectivity index (χ3n) is 6.63. The van der Waals surface area contributed by atoms with Gasteiger partial charge in [0.25, 0.3) is 0 Å². The molecule has 2 aliphatic rings. The zero-order valence-corrected chi connectivity index (χ0v) is 19.7. The smallest absolute Gasteiger partial charge is 0.340 e. The normalized spacial score (nSPS) is 17.2. The van der Waals surface area contributed by atoms with E-state index in [4.69, 9.17) is 25.5 Å². The zero-order chi connectivity index (χ0) is 22.8. The average molecular weight is 469 g/mol. The number of nitrogens with zero attached hydrogens (tertiary/aromatic N) is 2. The molecule has 7 heteroatoms. The summed E-state index contributed by atoms with van der Waals surface area (Å²) in [5, 5.41) is 1.44. The van der Waals surface area contributed by atoms with E-state index in [1.54, 1.807) is 0 Å². The molecule has 0 bridgehead atoms. The molecule has 0 unspecified atom stereocenters. The molecule has 3 heterocycles. The molecule has 0 amide bonds. The van der Waals surface area contributed by atoms with E-state index >= 15 is 0 Å². The molecule has 0 N–H and O–H groups in total. The minimum Gasteiger partial charge on any atom is -0.476 e. The molecule has 3 aromatic rings. The van der Waals surface area contributed by atoms with Gasteiger partial charge in [0.1, 0.15) is 18.1 Å². The molecular formula is C26H29ClN2O4. The highest BCUT2D eigenvalue weighted by molar-refractivity contribution is 6.33. The Morgan fingerprint density at radius 3 is 2.61 bits per heavy atom. The first kappa shape index (κ1) is 22.4. The maximum absolute atomic E-state index is 13.0. The lowest BCUT2D eigenvalue weighted by Gasteiger charge is -2.31. The van der Waals surface area contributed by atoms with Gasteiger partial charge >= 0.3 is 5.63 Å². The number of hydrogen-bond donors (Lipinski definition) is 0. The molecule has 0 saturated carbocycles. The summed E-state index contributed by atoms with van der Waals surface area (Å²) < 4.78 is 17.4. The van der Waals surface area contributed by atoms with Crippen molar-refractivity contribution in [3.05, 3.63) is 74.1 Å². The molecule has 2 aliphatic heterocycles. The van der Waals surface area contributed by atoms with Gasteiger partial charge in [-0.25, -0.2) is 4.79 Å². The topological polar surface area (TPSA) is 55.2 Å². The standard InChI is InChI=1S/C26H29ClN2O4/c1-18-20-15-23(27)25-22(16-29(17-32-25)9-5-8-28-10-12-31-13-11-28)24(20)33-26(30)21(18)14-19-6-3-2-4-7-19/h2-4,6-7,15H,5,8-14,16-17H2,1H3. The van der Waals surface area contributed by atoms with E-state index in [1.165, 1.54) is 0 Å². The van der Waals surface area contributed by atoms with Gasteiger partial charge in [-0.3, -0.25) is 9.80 Å². The SMILES string of the molecule is Cc1c(Cc2ccccc2)c(=O)oc2c3c(c(Cl)cc12)OCN(CCCN1CCOCC1)C3. The van der Waals surface area contributed by atoms with Gasteiger partial charge in [-0.2, -0.15) is 0 Å². The first-order valence-corrected chi connectivity index (χ1v) is 11.9. The summed E-state index contributed by atoms with van der Waals surface area (Å²) in [7, 11) is 0. The molecule has 1 saturated heterocycles. The number of morpholine rings is 1. The van der Waals surface area contributed by atoms with Gasteiger partial charge in [0.15, 0.2) is 0 Å². The number of ether oxygens (including phenoxy) is 2. The number of rotatable bonds is 6. The second kappa shape index (κ2) is 9.85. The molecule has 33 heavy (non-hydrogen) atoms. The van der Waals surface area contributed by atoms with Crippen LogP contribution in [0, 0.1) is 6.92 Å². The highest BCUT2D eigenvalue weighted by Crippen LogP contribution is 2.39. The van der Waals surface area contributed by atoms with Crippen LogP contribution in [0.1, 0.15) is 28.7 Å². The van der Waals surface area contributed by atoms with E-state index in [9.17, 15) is 4.79 Å². The van der Waals surface area contributed by atoms with Crippen molar-refractivity contribution in [1.82, 2.24) is 9.80 Å². The van der Waals surface area contributed by atoms with Crippen molar-refractivity contribution in [3.63, 3.8) is 0 Å². The minimum atomic E-state index is -0.294. The van der Waals surface area contributed by atoms with Crippen molar-refractivity contribution in [2.75, 3.05) is 46.1 Å². The molecule has 0 spiro atoms. The summed E-state index contributed by atoms with van der Waals surface area (Å²) >= 11 is 6.62. The maximum Gasteiger partial charge on any atom is 0.340 e. The van der Waals surface area contributed by atoms with Gasteiger partial charge in [0, 0.05) is 43.5 Å². The van der Waals surface area contributed by atoms with Gasteiger partial charge in [-0.05, 0) is 37.1 Å². The van der Waals surface area contributed by atoms with Crippen LogP contribution in [-0.4, -0.2) is 55.9 Å². The lowest BCUT2D eigenvalue weighted by atomic mass is 9.97. The van der Waals surface area contributed by atoms with Crippen LogP contribution < -0.4 is 10.4 Å². The van der Waals surface area contributed by atoms with Crippen LogP contribution in [-0.2, 0) is 17.7 Å². The van der Waals surface area contributed by atoms with Crippen molar-refractivity contribution < 1.29 is 13.9 Å². The third kappa shape index (κ3) is 4.80. The van der Waals surface area contributed by atoms with Crippen LogP contribution in [0.15, 0.2) is 45.6 Å². The summed E-state index contributed by atoms with van der Waals surface area (Å²) in [6.45, 7) is 8.67. The Morgan fingerprint density at radius 1 is 1.06 bits per heavy atom. The van der Waals surface area contributed by atoms with Gasteiger partial charge in [0.05, 0.1) is 23.8 Å². The monoisotopic (exact) mass is 468 g/mol. The lowest BCUT2D eigenvalue weighted by Crippen LogP contribution is -2.39. The van der Waals surface area contributed by atoms with Crippen molar-refractivity contribution in [1.29, 1.82) is 0 Å². The van der Waals surface area contributed by atoms with Crippen LogP contribution in [0.5, 0.6) is 5.75 Å². The predicted octanol–water partition coefficient (Wildman–Crippen LogP) is 4.22. The molecule has 0 aliphatic carbocycles. The van der Waals surface area contributed by atoms with Gasteiger partial charge in [-0.1, -0.05) is 41.9 Å². The molecule has 0 atom stereocenters. The van der Waals surface area contributed by atoms with Gasteiger partial charge < -0.3 is 13.9 Å². The summed E-state index contributed by atoms with van der Waals surface area (Å²) in [6.07, 6.45) is 1.57. The van der Waals surface area contributed by atoms with Crippen molar-refractivity contribution in [2.24, 2.45) is 0 Å². The summed E-state index contributed by atoms with van der Waals surface area (Å²) in [5.74, 6) is 0.631. The molecule has 174 valence electrons. The van der Waals surface area contributed by atoms with E-state index in [1.807, 2.05) is 43.3 Å². The fourth-order valence-corrected chi connectivity index (χ4v) is 5.03. The minimum absolute atomic E-state index is 0.294. The first-order chi connectivity index (χ1) is 16.1. The van der Waals surface area contributed by atoms with Crippen molar-refractivity contribution in [3.8, 4) is 5.75 Å². The molecule has 6 nitrogen and oxygen atoms in total. The van der Waals surface area contributed by atoms with Crippen molar-refractivity contribution in [2.45, 2.75) is 26.3 Å². The van der Waals surface area contributed by atoms with Crippen LogP contribution >= 0.6 is 11.6 Å². The molecular weight excluding hydrogens is 440 g/mol. The number of halogens is 1. The van der Waals surface area contributed by atoms with Crippen LogP contribution in [0.3, 0.4) is 0 Å². The Labute approximate surface area is 198 Å². The van der Waals surface area contributed by atoms with E-state index in [0.29, 0.717) is 41.6 Å². The van der Waals surface area contributed by atoms with Crippen LogP contribution in [0.4, 0.5) is 0 Å². The Morgan fingerprint density at radius 2 is 1.82 bits per heavy atom. The largest absolute Gasteiger partial charge is 0.476 e. The lowest BCUT2D eigenvalue weighted by molar-refractivity contribution is 0.0330. The number of benzene rings is 2. The van der Waals surface area contributed by atoms with E-state index in [2.05, 4.69) is 9.80 Å². The second-order valence-corrected chi connectivity index (χ2v) is 9.24. The quantitative estimate of drug-likeness (QED) is 0.505. The zero-order valence-electron chi connectivity index (χ0n) is 18.9. The van der Waals surface area contributed by atoms with E-state index in [0.717, 1.165) is 67.9 Å². The Bertz CT molecular complexity index is 1190. The molecule has 1 fully saturated rings. The maximum atomic E-state index is 13.0. The first-order valence-electron chi connectivity index (χ1n) is 11.6. The van der Waals surface area contributed by atoms with Gasteiger partial charge in [0.2, 0.25) is 0 Å². The molecule has 1 aromatic heterocycles. The fourth-order valence-electron chi connectivity index (χ4n) is 4.75. The molecule has 5 rings (SSSR count). The average Bonchev–Trinajstić information content (AvgIpc) is 2.84. The highest BCUT2D eigenvalue weighted by Gasteiger charge is 2.26. The number of aryl methyl sites for hydroxylation is 1. The van der Waals surface area contributed by atoms with Crippen LogP contribution in [0.2, 0.25) is 5.02 Å². The van der Waals surface area contributed by atoms with E-state index in [-0.39, 0.29) is 5.63 Å². The number of fused-ring (bicyclic) bond motifs is 3. The Hall–Kier alpha value is -2.38. The fraction of sp³-hybridized carbons (Fsp3) is 0.423. The van der Waals surface area contributed by atoms with Gasteiger partial charge in [-0.15, -0.1) is 0 Å². The second-order valence-electron chi connectivity index (χ2n) is 8.83. The number of hydrogen-bond acceptors (Lipinski definition) is 6. The summed E-state index contributed by atoms with van der Waals surface area (Å²) in [5.41, 5.74) is 3.82. The summed E-state index contributed by atoms with van der Waals surface area (Å²) in [4.78, 5) is 17.7. The summed E-state index contributed by atoms with van der Waals surface area (Å²) in [6, 6.07) is 11.8. The third-order valence-corrected chi connectivity index (χ3v) is 6.91. The molecule has 2 aromatic carbocycles. The predicted molar refractivity (Wildman–Crippen MR) is 129 cm³/mol. The Kier molecular flexibility index (Phi) is 6.69. The molecule has 0 radical (unpaired) electrons. The van der Waals surface area contributed by atoms with E-state index < -0.39 is 0 Å².